The van der Waals surface area contributed by atoms with Crippen LogP contribution in [-0.4, -0.2) is 36.7 Å². The van der Waals surface area contributed by atoms with E-state index in [1.807, 2.05) is 47.5 Å². The number of pyridine rings is 1. The Kier molecular flexibility index (Phi) is 4.98. The third-order valence-corrected chi connectivity index (χ3v) is 4.21. The summed E-state index contributed by atoms with van der Waals surface area (Å²) in [6.45, 7) is 1.63. The van der Waals surface area contributed by atoms with Gasteiger partial charge in [0.25, 0.3) is 0 Å². The second-order valence-corrected chi connectivity index (χ2v) is 6.42. The molecule has 0 fully saturated rings. The maximum absolute atomic E-state index is 4.44. The molecular weight excluding hydrogens is 336 g/mol. The van der Waals surface area contributed by atoms with Gasteiger partial charge in [0, 0.05) is 49.6 Å². The summed E-state index contributed by atoms with van der Waals surface area (Å²) in [7, 11) is 2.09. The molecule has 6 nitrogen and oxygen atoms in total. The number of rotatable bonds is 6. The van der Waals surface area contributed by atoms with Crippen molar-refractivity contribution in [1.82, 2.24) is 29.6 Å². The van der Waals surface area contributed by atoms with Crippen LogP contribution in [0.2, 0.25) is 0 Å². The zero-order valence-electron chi connectivity index (χ0n) is 15.1. The standard InChI is InChI=1S/C21H20N6/c1-26(15-17-6-8-19(9-7-17)27-12-4-11-25-27)16-18-13-23-21(24-14-18)20-5-2-3-10-22-20/h2-14H,15-16H2,1H3. The molecule has 134 valence electrons. The molecule has 0 aliphatic carbocycles. The molecule has 0 spiro atoms. The summed E-state index contributed by atoms with van der Waals surface area (Å²) in [4.78, 5) is 15.4. The SMILES string of the molecule is CN(Cc1ccc(-n2cccn2)cc1)Cc1cnc(-c2ccccn2)nc1. The molecule has 1 aromatic carbocycles. The molecule has 4 aromatic rings. The molecule has 3 heterocycles. The van der Waals surface area contributed by atoms with Gasteiger partial charge in [-0.15, -0.1) is 0 Å². The van der Waals surface area contributed by atoms with Crippen LogP contribution in [0.25, 0.3) is 17.2 Å². The molecule has 0 atom stereocenters. The third-order valence-electron chi connectivity index (χ3n) is 4.21. The fourth-order valence-electron chi connectivity index (χ4n) is 2.92. The molecule has 27 heavy (non-hydrogen) atoms. The lowest BCUT2D eigenvalue weighted by Crippen LogP contribution is -2.17. The van der Waals surface area contributed by atoms with Gasteiger partial charge in [-0.25, -0.2) is 14.6 Å². The van der Waals surface area contributed by atoms with Gasteiger partial charge in [0.15, 0.2) is 5.82 Å². The third kappa shape index (κ3) is 4.24. The maximum Gasteiger partial charge on any atom is 0.178 e. The molecule has 3 aromatic heterocycles. The minimum Gasteiger partial charge on any atom is -0.298 e. The van der Waals surface area contributed by atoms with Crippen LogP contribution >= 0.6 is 0 Å². The highest BCUT2D eigenvalue weighted by Gasteiger charge is 2.06. The largest absolute Gasteiger partial charge is 0.298 e. The van der Waals surface area contributed by atoms with Gasteiger partial charge in [-0.05, 0) is 42.9 Å². The summed E-state index contributed by atoms with van der Waals surface area (Å²) < 4.78 is 1.86. The van der Waals surface area contributed by atoms with E-state index in [1.165, 1.54) is 5.56 Å². The Morgan fingerprint density at radius 3 is 2.26 bits per heavy atom. The van der Waals surface area contributed by atoms with Crippen LogP contribution in [0, 0.1) is 0 Å². The molecule has 0 N–H and O–H groups in total. The average Bonchev–Trinajstić information content (AvgIpc) is 3.25. The lowest BCUT2D eigenvalue weighted by molar-refractivity contribution is 0.318. The highest BCUT2D eigenvalue weighted by atomic mass is 15.3. The Labute approximate surface area is 158 Å². The second kappa shape index (κ2) is 7.88. The Morgan fingerprint density at radius 2 is 1.59 bits per heavy atom. The second-order valence-electron chi connectivity index (χ2n) is 6.42. The van der Waals surface area contributed by atoms with Crippen molar-refractivity contribution in [3.05, 3.63) is 90.6 Å². The van der Waals surface area contributed by atoms with Crippen molar-refractivity contribution in [1.29, 1.82) is 0 Å². The van der Waals surface area contributed by atoms with E-state index in [1.54, 1.807) is 12.4 Å². The zero-order valence-corrected chi connectivity index (χ0v) is 15.1. The van der Waals surface area contributed by atoms with E-state index >= 15 is 0 Å². The van der Waals surface area contributed by atoms with E-state index in [0.29, 0.717) is 5.82 Å². The van der Waals surface area contributed by atoms with E-state index < -0.39 is 0 Å². The van der Waals surface area contributed by atoms with Crippen LogP contribution in [0.15, 0.2) is 79.5 Å². The molecule has 4 rings (SSSR count). The van der Waals surface area contributed by atoms with Crippen molar-refractivity contribution in [2.45, 2.75) is 13.1 Å². The van der Waals surface area contributed by atoms with Gasteiger partial charge in [0.1, 0.15) is 5.69 Å². The monoisotopic (exact) mass is 356 g/mol. The van der Waals surface area contributed by atoms with Crippen molar-refractivity contribution in [3.63, 3.8) is 0 Å². The van der Waals surface area contributed by atoms with Crippen molar-refractivity contribution < 1.29 is 0 Å². The van der Waals surface area contributed by atoms with E-state index in [4.69, 9.17) is 0 Å². The van der Waals surface area contributed by atoms with E-state index in [-0.39, 0.29) is 0 Å². The van der Waals surface area contributed by atoms with Gasteiger partial charge in [0.2, 0.25) is 0 Å². The number of benzene rings is 1. The van der Waals surface area contributed by atoms with Crippen molar-refractivity contribution in [2.24, 2.45) is 0 Å². The van der Waals surface area contributed by atoms with E-state index in [2.05, 4.69) is 56.3 Å². The first-order valence-corrected chi connectivity index (χ1v) is 8.78. The number of hydrogen-bond acceptors (Lipinski definition) is 5. The minimum atomic E-state index is 0.649. The summed E-state index contributed by atoms with van der Waals surface area (Å²) in [5.74, 6) is 0.649. The Hall–Kier alpha value is -3.38. The minimum absolute atomic E-state index is 0.649. The molecule has 0 saturated carbocycles. The number of aromatic nitrogens is 5. The molecular formula is C21H20N6. The molecule has 0 bridgehead atoms. The quantitative estimate of drug-likeness (QED) is 0.530. The zero-order chi connectivity index (χ0) is 18.5. The number of nitrogens with zero attached hydrogens (tertiary/aromatic N) is 6. The van der Waals surface area contributed by atoms with Crippen molar-refractivity contribution in [3.8, 4) is 17.2 Å². The average molecular weight is 356 g/mol. The normalized spacial score (nSPS) is 11.0. The van der Waals surface area contributed by atoms with Crippen LogP contribution in [0.4, 0.5) is 0 Å². The molecule has 0 saturated heterocycles. The van der Waals surface area contributed by atoms with Gasteiger partial charge in [-0.1, -0.05) is 18.2 Å². The molecule has 0 aliphatic rings. The first-order valence-electron chi connectivity index (χ1n) is 8.78. The summed E-state index contributed by atoms with van der Waals surface area (Å²) in [6.07, 6.45) is 9.21. The van der Waals surface area contributed by atoms with Gasteiger partial charge in [-0.3, -0.25) is 9.88 Å². The summed E-state index contributed by atoms with van der Waals surface area (Å²) >= 11 is 0. The van der Waals surface area contributed by atoms with Gasteiger partial charge < -0.3 is 0 Å². The maximum atomic E-state index is 4.44. The van der Waals surface area contributed by atoms with Crippen molar-refractivity contribution >= 4 is 0 Å². The molecule has 6 heteroatoms. The predicted octanol–water partition coefficient (Wildman–Crippen LogP) is 3.36. The molecule has 0 unspecified atom stereocenters. The van der Waals surface area contributed by atoms with E-state index in [0.717, 1.165) is 30.0 Å². The molecule has 0 aliphatic heterocycles. The van der Waals surface area contributed by atoms with Gasteiger partial charge in [0.05, 0.1) is 5.69 Å². The topological polar surface area (TPSA) is 59.7 Å². The van der Waals surface area contributed by atoms with E-state index in [9.17, 15) is 0 Å². The number of hydrogen-bond donors (Lipinski definition) is 0. The van der Waals surface area contributed by atoms with Crippen LogP contribution in [0.5, 0.6) is 0 Å². The first kappa shape index (κ1) is 17.1. The molecule has 0 amide bonds. The fourth-order valence-corrected chi connectivity index (χ4v) is 2.92. The lowest BCUT2D eigenvalue weighted by atomic mass is 10.2. The first-order chi connectivity index (χ1) is 13.3. The fraction of sp³-hybridized carbons (Fsp3) is 0.143. The highest BCUT2D eigenvalue weighted by molar-refractivity contribution is 5.47. The van der Waals surface area contributed by atoms with Crippen LogP contribution in [-0.2, 0) is 13.1 Å². The summed E-state index contributed by atoms with van der Waals surface area (Å²) in [6, 6.07) is 16.1. The Bertz CT molecular complexity index is 964. The Balaban J connectivity index is 1.37. The Morgan fingerprint density at radius 1 is 0.815 bits per heavy atom. The van der Waals surface area contributed by atoms with Crippen LogP contribution < -0.4 is 0 Å². The molecule has 0 radical (unpaired) electrons. The van der Waals surface area contributed by atoms with Crippen molar-refractivity contribution in [2.75, 3.05) is 7.05 Å². The summed E-state index contributed by atoms with van der Waals surface area (Å²) in [5, 5.41) is 4.25. The summed E-state index contributed by atoms with van der Waals surface area (Å²) in [5.41, 5.74) is 4.17. The smallest absolute Gasteiger partial charge is 0.178 e. The predicted molar refractivity (Wildman–Crippen MR) is 104 cm³/mol. The van der Waals surface area contributed by atoms with Gasteiger partial charge >= 0.3 is 0 Å². The highest BCUT2D eigenvalue weighted by Crippen LogP contribution is 2.13. The lowest BCUT2D eigenvalue weighted by Gasteiger charge is -2.17. The van der Waals surface area contributed by atoms with Crippen LogP contribution in [0.1, 0.15) is 11.1 Å². The van der Waals surface area contributed by atoms with Crippen LogP contribution in [0.3, 0.4) is 0 Å². The van der Waals surface area contributed by atoms with Gasteiger partial charge in [-0.2, -0.15) is 5.10 Å².